The van der Waals surface area contributed by atoms with Crippen molar-refractivity contribution in [1.82, 2.24) is 29.9 Å². The predicted octanol–water partition coefficient (Wildman–Crippen LogP) is 1.08. The Morgan fingerprint density at radius 3 is 2.69 bits per heavy atom. The molecule has 2 saturated heterocycles. The van der Waals surface area contributed by atoms with Crippen LogP contribution >= 0.6 is 0 Å². The Hall–Kier alpha value is -3.01. The first-order valence-electron chi connectivity index (χ1n) is 10.1. The Morgan fingerprint density at radius 2 is 1.86 bits per heavy atom. The van der Waals surface area contributed by atoms with E-state index in [0.29, 0.717) is 11.7 Å². The Kier molecular flexibility index (Phi) is 4.84. The standard InChI is InChI=1S/C19H25N9O/c1-26(15-2-5-20-19(25-15)28-8-10-29-11-9-28)14-3-6-27(7-4-14)18-16-17(22-12-21-16)23-13-24-18/h2,5,12-14H,3-4,6-11H2,1H3,(H,21,22,23,24). The minimum atomic E-state index is 0.429. The summed E-state index contributed by atoms with van der Waals surface area (Å²) in [4.78, 5) is 32.2. The highest BCUT2D eigenvalue weighted by atomic mass is 16.5. The molecule has 0 atom stereocenters. The van der Waals surface area contributed by atoms with Crippen molar-refractivity contribution >= 4 is 28.7 Å². The molecular weight excluding hydrogens is 370 g/mol. The first-order valence-corrected chi connectivity index (χ1v) is 10.1. The Labute approximate surface area is 169 Å². The van der Waals surface area contributed by atoms with Gasteiger partial charge in [0.15, 0.2) is 11.5 Å². The van der Waals surface area contributed by atoms with Crippen LogP contribution in [0.15, 0.2) is 24.9 Å². The van der Waals surface area contributed by atoms with Crippen LogP contribution < -0.4 is 14.7 Å². The summed E-state index contributed by atoms with van der Waals surface area (Å²) in [7, 11) is 2.13. The van der Waals surface area contributed by atoms with Gasteiger partial charge in [-0.3, -0.25) is 0 Å². The van der Waals surface area contributed by atoms with Crippen LogP contribution in [0.25, 0.3) is 11.2 Å². The van der Waals surface area contributed by atoms with Crippen LogP contribution in [0.2, 0.25) is 0 Å². The molecule has 0 aromatic carbocycles. The second-order valence-electron chi connectivity index (χ2n) is 7.44. The minimum absolute atomic E-state index is 0.429. The van der Waals surface area contributed by atoms with Crippen molar-refractivity contribution < 1.29 is 4.74 Å². The van der Waals surface area contributed by atoms with Gasteiger partial charge in [0.25, 0.3) is 0 Å². The second kappa shape index (κ2) is 7.78. The molecule has 0 saturated carbocycles. The number of aromatic nitrogens is 6. The van der Waals surface area contributed by atoms with Gasteiger partial charge in [-0.25, -0.2) is 19.9 Å². The van der Waals surface area contributed by atoms with Gasteiger partial charge in [0.2, 0.25) is 5.95 Å². The van der Waals surface area contributed by atoms with Crippen molar-refractivity contribution in [3.05, 3.63) is 24.9 Å². The topological polar surface area (TPSA) is 99.2 Å². The number of H-pyrrole nitrogens is 1. The van der Waals surface area contributed by atoms with Crippen LogP contribution in [-0.2, 0) is 4.74 Å². The van der Waals surface area contributed by atoms with Crippen molar-refractivity contribution in [3.8, 4) is 0 Å². The highest BCUT2D eigenvalue weighted by Crippen LogP contribution is 2.27. The quantitative estimate of drug-likeness (QED) is 0.696. The molecule has 10 nitrogen and oxygen atoms in total. The number of anilines is 3. The Balaban J connectivity index is 1.26. The zero-order valence-corrected chi connectivity index (χ0v) is 16.5. The van der Waals surface area contributed by atoms with E-state index < -0.39 is 0 Å². The maximum absolute atomic E-state index is 5.43. The number of rotatable bonds is 4. The van der Waals surface area contributed by atoms with Gasteiger partial charge in [-0.05, 0) is 18.9 Å². The number of fused-ring (bicyclic) bond motifs is 1. The van der Waals surface area contributed by atoms with Gasteiger partial charge in [-0.2, -0.15) is 4.98 Å². The van der Waals surface area contributed by atoms with E-state index in [4.69, 9.17) is 9.72 Å². The molecule has 0 aliphatic carbocycles. The summed E-state index contributed by atoms with van der Waals surface area (Å²) in [5.41, 5.74) is 1.62. The SMILES string of the molecule is CN(c1ccnc(N2CCOCC2)n1)C1CCN(c2ncnc3nc[nH]c23)CC1. The number of morpholine rings is 1. The molecule has 5 heterocycles. The molecule has 0 unspecified atom stereocenters. The van der Waals surface area contributed by atoms with Crippen LogP contribution in [0.4, 0.5) is 17.6 Å². The fraction of sp³-hybridized carbons (Fsp3) is 0.526. The smallest absolute Gasteiger partial charge is 0.227 e. The largest absolute Gasteiger partial charge is 0.378 e. The Bertz CT molecular complexity index is 963. The molecule has 2 aliphatic rings. The van der Waals surface area contributed by atoms with Crippen LogP contribution in [0, 0.1) is 0 Å². The summed E-state index contributed by atoms with van der Waals surface area (Å²) in [5, 5.41) is 0. The second-order valence-corrected chi connectivity index (χ2v) is 7.44. The average molecular weight is 395 g/mol. The molecule has 0 amide bonds. The third-order valence-corrected chi connectivity index (χ3v) is 5.80. The molecule has 5 rings (SSSR count). The Morgan fingerprint density at radius 1 is 1.03 bits per heavy atom. The van der Waals surface area contributed by atoms with E-state index in [2.05, 4.69) is 46.7 Å². The van der Waals surface area contributed by atoms with E-state index in [9.17, 15) is 0 Å². The first kappa shape index (κ1) is 18.0. The summed E-state index contributed by atoms with van der Waals surface area (Å²) in [6.45, 7) is 5.01. The third kappa shape index (κ3) is 3.55. The number of nitrogens with one attached hydrogen (secondary N) is 1. The van der Waals surface area contributed by atoms with Gasteiger partial charge in [0.05, 0.1) is 19.5 Å². The van der Waals surface area contributed by atoms with Gasteiger partial charge in [0, 0.05) is 45.5 Å². The molecule has 2 aliphatic heterocycles. The summed E-state index contributed by atoms with van der Waals surface area (Å²) in [6, 6.07) is 2.42. The number of hydrogen-bond acceptors (Lipinski definition) is 9. The van der Waals surface area contributed by atoms with Crippen LogP contribution in [0.1, 0.15) is 12.8 Å². The lowest BCUT2D eigenvalue weighted by Gasteiger charge is -2.38. The van der Waals surface area contributed by atoms with Crippen molar-refractivity contribution in [2.45, 2.75) is 18.9 Å². The lowest BCUT2D eigenvalue weighted by atomic mass is 10.0. The van der Waals surface area contributed by atoms with E-state index in [1.54, 1.807) is 12.7 Å². The highest BCUT2D eigenvalue weighted by Gasteiger charge is 2.26. The van der Waals surface area contributed by atoms with E-state index in [1.807, 2.05) is 12.3 Å². The number of piperidine rings is 1. The lowest BCUT2D eigenvalue weighted by Crippen LogP contribution is -2.44. The summed E-state index contributed by atoms with van der Waals surface area (Å²) in [6.07, 6.45) is 7.18. The van der Waals surface area contributed by atoms with E-state index >= 15 is 0 Å². The minimum Gasteiger partial charge on any atom is -0.378 e. The van der Waals surface area contributed by atoms with E-state index in [1.165, 1.54) is 0 Å². The molecule has 1 N–H and O–H groups in total. The normalized spacial score (nSPS) is 18.4. The lowest BCUT2D eigenvalue weighted by molar-refractivity contribution is 0.122. The van der Waals surface area contributed by atoms with E-state index in [-0.39, 0.29) is 0 Å². The predicted molar refractivity (Wildman–Crippen MR) is 110 cm³/mol. The van der Waals surface area contributed by atoms with Gasteiger partial charge in [-0.1, -0.05) is 0 Å². The summed E-state index contributed by atoms with van der Waals surface area (Å²) in [5.74, 6) is 2.70. The third-order valence-electron chi connectivity index (χ3n) is 5.80. The summed E-state index contributed by atoms with van der Waals surface area (Å²) >= 11 is 0. The molecule has 0 bridgehead atoms. The average Bonchev–Trinajstić information content (AvgIpc) is 3.28. The number of imidazole rings is 1. The highest BCUT2D eigenvalue weighted by molar-refractivity contribution is 5.82. The maximum atomic E-state index is 5.43. The van der Waals surface area contributed by atoms with Crippen LogP contribution in [-0.4, -0.2) is 82.4 Å². The number of aromatic amines is 1. The summed E-state index contributed by atoms with van der Waals surface area (Å²) < 4.78 is 5.43. The number of ether oxygens (including phenoxy) is 1. The van der Waals surface area contributed by atoms with Crippen molar-refractivity contribution in [1.29, 1.82) is 0 Å². The van der Waals surface area contributed by atoms with Crippen LogP contribution in [0.3, 0.4) is 0 Å². The van der Waals surface area contributed by atoms with Gasteiger partial charge >= 0.3 is 0 Å². The van der Waals surface area contributed by atoms with Crippen molar-refractivity contribution in [3.63, 3.8) is 0 Å². The maximum Gasteiger partial charge on any atom is 0.227 e. The van der Waals surface area contributed by atoms with Gasteiger partial charge in [-0.15, -0.1) is 0 Å². The molecule has 29 heavy (non-hydrogen) atoms. The van der Waals surface area contributed by atoms with Crippen molar-refractivity contribution in [2.75, 3.05) is 61.1 Å². The molecule has 152 valence electrons. The molecular formula is C19H25N9O. The fourth-order valence-electron chi connectivity index (χ4n) is 4.10. The van der Waals surface area contributed by atoms with Gasteiger partial charge in [0.1, 0.15) is 17.7 Å². The van der Waals surface area contributed by atoms with E-state index in [0.717, 1.165) is 75.3 Å². The van der Waals surface area contributed by atoms with Gasteiger partial charge < -0.3 is 24.4 Å². The van der Waals surface area contributed by atoms with Crippen LogP contribution in [0.5, 0.6) is 0 Å². The van der Waals surface area contributed by atoms with Crippen molar-refractivity contribution in [2.24, 2.45) is 0 Å². The molecule has 0 radical (unpaired) electrons. The number of hydrogen-bond donors (Lipinski definition) is 1. The number of nitrogens with zero attached hydrogens (tertiary/aromatic N) is 8. The molecule has 3 aromatic rings. The first-order chi connectivity index (χ1) is 14.3. The fourth-order valence-corrected chi connectivity index (χ4v) is 4.10. The zero-order chi connectivity index (χ0) is 19.6. The molecule has 3 aromatic heterocycles. The zero-order valence-electron chi connectivity index (χ0n) is 16.5. The molecule has 0 spiro atoms. The monoisotopic (exact) mass is 395 g/mol. The molecule has 2 fully saturated rings. The molecule has 10 heteroatoms.